The van der Waals surface area contributed by atoms with Crippen LogP contribution in [0.2, 0.25) is 0 Å². The molecule has 118 valence electrons. The van der Waals surface area contributed by atoms with Crippen molar-refractivity contribution < 1.29 is 0 Å². The Balaban J connectivity index is 2.35. The Hall–Kier alpha value is 0.260. The summed E-state index contributed by atoms with van der Waals surface area (Å²) >= 11 is 8.33. The van der Waals surface area contributed by atoms with E-state index in [1.807, 2.05) is 0 Å². The molecule has 0 amide bonds. The van der Waals surface area contributed by atoms with Gasteiger partial charge < -0.3 is 10.6 Å². The first kappa shape index (κ1) is 18.3. The largest absolute Gasteiger partial charge is 0.314 e. The van der Waals surface area contributed by atoms with Crippen LogP contribution in [-0.4, -0.2) is 47.9 Å². The van der Waals surface area contributed by atoms with E-state index >= 15 is 0 Å². The van der Waals surface area contributed by atoms with Gasteiger partial charge in [0.15, 0.2) is 0 Å². The van der Waals surface area contributed by atoms with Crippen LogP contribution in [-0.2, 0) is 0 Å². The minimum atomic E-state index is 0.214. The maximum atomic E-state index is 6.55. The third-order valence-electron chi connectivity index (χ3n) is 3.60. The topological polar surface area (TPSA) is 27.3 Å². The molecule has 1 aliphatic heterocycles. The summed E-state index contributed by atoms with van der Waals surface area (Å²) in [7, 11) is 0. The van der Waals surface area contributed by atoms with E-state index in [-0.39, 0.29) is 5.38 Å². The zero-order valence-corrected chi connectivity index (χ0v) is 14.6. The van der Waals surface area contributed by atoms with Gasteiger partial charge in [-0.3, -0.25) is 0 Å². The molecule has 0 aliphatic carbocycles. The summed E-state index contributed by atoms with van der Waals surface area (Å²) < 4.78 is 2.32. The second-order valence-corrected chi connectivity index (χ2v) is 6.93. The van der Waals surface area contributed by atoms with Crippen molar-refractivity contribution in [1.29, 1.82) is 0 Å². The van der Waals surface area contributed by atoms with E-state index in [0.717, 1.165) is 39.0 Å². The highest BCUT2D eigenvalue weighted by atomic mass is 35.5. The smallest absolute Gasteiger partial charge is 0.0487 e. The molecule has 0 saturated heterocycles. The van der Waals surface area contributed by atoms with Crippen molar-refractivity contribution in [1.82, 2.24) is 14.9 Å². The third kappa shape index (κ3) is 7.32. The molecule has 3 unspecified atom stereocenters. The number of rotatable bonds is 11. The maximum absolute atomic E-state index is 6.55. The molecule has 1 rings (SSSR count). The Kier molecular flexibility index (Phi) is 9.99. The molecule has 0 radical (unpaired) electrons. The summed E-state index contributed by atoms with van der Waals surface area (Å²) in [6, 6.07) is 1.10. The molecule has 3 nitrogen and oxygen atoms in total. The highest BCUT2D eigenvalue weighted by Gasteiger charge is 2.20. The molecule has 0 saturated carbocycles. The lowest BCUT2D eigenvalue weighted by Gasteiger charge is -2.27. The highest BCUT2D eigenvalue weighted by Crippen LogP contribution is 2.21. The SMILES string of the molecule is CCNC(CC)CC(CC(Cl)CN1CC=CS1)NCC. The van der Waals surface area contributed by atoms with Gasteiger partial charge >= 0.3 is 0 Å². The summed E-state index contributed by atoms with van der Waals surface area (Å²) in [5.74, 6) is 0. The Morgan fingerprint density at radius 3 is 2.40 bits per heavy atom. The zero-order valence-electron chi connectivity index (χ0n) is 13.1. The molecule has 2 N–H and O–H groups in total. The lowest BCUT2D eigenvalue weighted by Crippen LogP contribution is -2.40. The van der Waals surface area contributed by atoms with E-state index in [4.69, 9.17) is 11.6 Å². The van der Waals surface area contributed by atoms with Gasteiger partial charge in [-0.15, -0.1) is 11.6 Å². The fourth-order valence-electron chi connectivity index (χ4n) is 2.63. The van der Waals surface area contributed by atoms with Crippen LogP contribution < -0.4 is 10.6 Å². The molecule has 5 heteroatoms. The lowest BCUT2D eigenvalue weighted by atomic mass is 10.00. The maximum Gasteiger partial charge on any atom is 0.0487 e. The summed E-state index contributed by atoms with van der Waals surface area (Å²) in [5, 5.41) is 9.51. The van der Waals surface area contributed by atoms with Gasteiger partial charge in [-0.2, -0.15) is 0 Å². The van der Waals surface area contributed by atoms with Crippen molar-refractivity contribution in [2.24, 2.45) is 0 Å². The number of nitrogens with zero attached hydrogens (tertiary/aromatic N) is 1. The number of nitrogens with one attached hydrogen (secondary N) is 2. The fraction of sp³-hybridized carbons (Fsp3) is 0.867. The molecule has 1 heterocycles. The van der Waals surface area contributed by atoms with Crippen LogP contribution in [0.25, 0.3) is 0 Å². The van der Waals surface area contributed by atoms with Crippen molar-refractivity contribution in [3.8, 4) is 0 Å². The van der Waals surface area contributed by atoms with Crippen LogP contribution >= 0.6 is 23.5 Å². The van der Waals surface area contributed by atoms with Gasteiger partial charge in [0, 0.05) is 30.6 Å². The van der Waals surface area contributed by atoms with Crippen LogP contribution in [0.15, 0.2) is 11.5 Å². The molecule has 0 aromatic carbocycles. The lowest BCUT2D eigenvalue weighted by molar-refractivity contribution is 0.365. The van der Waals surface area contributed by atoms with Crippen molar-refractivity contribution in [3.05, 3.63) is 11.5 Å². The Labute approximate surface area is 134 Å². The molecule has 3 atom stereocenters. The molecule has 0 spiro atoms. The van der Waals surface area contributed by atoms with E-state index in [9.17, 15) is 0 Å². The predicted molar refractivity (Wildman–Crippen MR) is 92.4 cm³/mol. The van der Waals surface area contributed by atoms with Crippen LogP contribution in [0.1, 0.15) is 40.0 Å². The zero-order chi connectivity index (χ0) is 14.8. The minimum Gasteiger partial charge on any atom is -0.314 e. The average Bonchev–Trinajstić information content (AvgIpc) is 2.91. The van der Waals surface area contributed by atoms with Gasteiger partial charge in [-0.05, 0) is 37.8 Å². The molecule has 0 bridgehead atoms. The first-order valence-corrected chi connectivity index (χ1v) is 9.14. The predicted octanol–water partition coefficient (Wildman–Crippen LogP) is 3.22. The van der Waals surface area contributed by atoms with Gasteiger partial charge in [-0.1, -0.05) is 38.8 Å². The van der Waals surface area contributed by atoms with E-state index in [2.05, 4.69) is 47.2 Å². The first-order chi connectivity index (χ1) is 9.69. The van der Waals surface area contributed by atoms with Gasteiger partial charge in [0.05, 0.1) is 0 Å². The second-order valence-electron chi connectivity index (χ2n) is 5.31. The first-order valence-electron chi connectivity index (χ1n) is 7.87. The monoisotopic (exact) mass is 319 g/mol. The van der Waals surface area contributed by atoms with E-state index in [1.54, 1.807) is 11.9 Å². The Morgan fingerprint density at radius 2 is 1.85 bits per heavy atom. The van der Waals surface area contributed by atoms with Crippen LogP contribution in [0, 0.1) is 0 Å². The van der Waals surface area contributed by atoms with E-state index < -0.39 is 0 Å². The van der Waals surface area contributed by atoms with Gasteiger partial charge in [0.25, 0.3) is 0 Å². The fourth-order valence-corrected chi connectivity index (χ4v) is 3.88. The highest BCUT2D eigenvalue weighted by molar-refractivity contribution is 8.00. The normalized spacial score (nSPS) is 20.2. The summed E-state index contributed by atoms with van der Waals surface area (Å²) in [6.07, 6.45) is 5.56. The quantitative estimate of drug-likeness (QED) is 0.452. The average molecular weight is 320 g/mol. The summed E-state index contributed by atoms with van der Waals surface area (Å²) in [4.78, 5) is 0. The standard InChI is InChI=1S/C15H30ClN3S/c1-4-14(17-5-2)11-15(18-6-3)10-13(16)12-19-8-7-9-20-19/h7,9,13-15,17-18H,4-6,8,10-12H2,1-3H3. The Bertz CT molecular complexity index is 268. The number of halogens is 1. The summed E-state index contributed by atoms with van der Waals surface area (Å²) in [5.41, 5.74) is 0. The third-order valence-corrected chi connectivity index (χ3v) is 4.83. The van der Waals surface area contributed by atoms with Crippen molar-refractivity contribution >= 4 is 23.5 Å². The molecular weight excluding hydrogens is 290 g/mol. The summed E-state index contributed by atoms with van der Waals surface area (Å²) in [6.45, 7) is 10.6. The Morgan fingerprint density at radius 1 is 1.15 bits per heavy atom. The van der Waals surface area contributed by atoms with Crippen LogP contribution in [0.5, 0.6) is 0 Å². The van der Waals surface area contributed by atoms with Crippen LogP contribution in [0.3, 0.4) is 0 Å². The van der Waals surface area contributed by atoms with Crippen molar-refractivity contribution in [3.63, 3.8) is 0 Å². The van der Waals surface area contributed by atoms with Crippen molar-refractivity contribution in [2.75, 3.05) is 26.2 Å². The number of hydrogen-bond donors (Lipinski definition) is 2. The van der Waals surface area contributed by atoms with Crippen molar-refractivity contribution in [2.45, 2.75) is 57.5 Å². The number of alkyl halides is 1. The molecule has 0 aromatic rings. The minimum absolute atomic E-state index is 0.214. The van der Waals surface area contributed by atoms with Gasteiger partial charge in [-0.25, -0.2) is 4.31 Å². The van der Waals surface area contributed by atoms with Gasteiger partial charge in [0.2, 0.25) is 0 Å². The van der Waals surface area contributed by atoms with E-state index in [1.165, 1.54) is 6.42 Å². The second kappa shape index (κ2) is 10.9. The van der Waals surface area contributed by atoms with E-state index in [0.29, 0.717) is 12.1 Å². The molecular formula is C15H30ClN3S. The van der Waals surface area contributed by atoms with Crippen LogP contribution in [0.4, 0.5) is 0 Å². The van der Waals surface area contributed by atoms with Gasteiger partial charge in [0.1, 0.15) is 0 Å². The molecule has 0 aromatic heterocycles. The number of hydrogen-bond acceptors (Lipinski definition) is 4. The molecule has 0 fully saturated rings. The molecule has 1 aliphatic rings. The molecule has 20 heavy (non-hydrogen) atoms.